The highest BCUT2D eigenvalue weighted by Crippen LogP contribution is 2.12. The summed E-state index contributed by atoms with van der Waals surface area (Å²) >= 11 is 0. The van der Waals surface area contributed by atoms with Gasteiger partial charge in [-0.3, -0.25) is 9.69 Å². The maximum Gasteiger partial charge on any atom is 0.237 e. The molecule has 2 atom stereocenters. The fourth-order valence-electron chi connectivity index (χ4n) is 1.74. The molecule has 0 saturated carbocycles. The molecule has 0 bridgehead atoms. The van der Waals surface area contributed by atoms with Crippen LogP contribution in [0.1, 0.15) is 27.2 Å². The van der Waals surface area contributed by atoms with E-state index in [1.54, 1.807) is 0 Å². The third kappa shape index (κ3) is 3.80. The van der Waals surface area contributed by atoms with Gasteiger partial charge in [-0.1, -0.05) is 13.8 Å². The summed E-state index contributed by atoms with van der Waals surface area (Å²) in [5.74, 6) is 0.545. The third-order valence-corrected chi connectivity index (χ3v) is 2.81. The van der Waals surface area contributed by atoms with E-state index in [0.717, 1.165) is 19.5 Å². The van der Waals surface area contributed by atoms with E-state index in [2.05, 4.69) is 19.2 Å². The van der Waals surface area contributed by atoms with Crippen LogP contribution in [0.5, 0.6) is 0 Å². The fraction of sp³-hybridized carbons (Fsp3) is 0.909. The van der Waals surface area contributed by atoms with E-state index in [-0.39, 0.29) is 18.1 Å². The number of carbonyl (C=O) groups excluding carboxylic acids is 1. The van der Waals surface area contributed by atoms with Crippen molar-refractivity contribution in [1.82, 2.24) is 10.2 Å². The van der Waals surface area contributed by atoms with Crippen molar-refractivity contribution < 1.29 is 9.90 Å². The molecule has 15 heavy (non-hydrogen) atoms. The SMILES string of the molecule is CC(C)CNC(=O)C(C)N1CC[C@H](O)C1. The topological polar surface area (TPSA) is 52.6 Å². The molecule has 1 heterocycles. The highest BCUT2D eigenvalue weighted by atomic mass is 16.3. The number of hydrogen-bond acceptors (Lipinski definition) is 3. The minimum atomic E-state index is -0.259. The van der Waals surface area contributed by atoms with Crippen LogP contribution < -0.4 is 5.32 Å². The number of β-amino-alcohol motifs (C(OH)–C–C–N with tert-alkyl or cyclic N) is 1. The molecule has 4 heteroatoms. The average Bonchev–Trinajstić information content (AvgIpc) is 2.60. The van der Waals surface area contributed by atoms with Crippen LogP contribution in [0.2, 0.25) is 0 Å². The number of nitrogens with one attached hydrogen (secondary N) is 1. The third-order valence-electron chi connectivity index (χ3n) is 2.81. The van der Waals surface area contributed by atoms with Gasteiger partial charge in [0.2, 0.25) is 5.91 Å². The van der Waals surface area contributed by atoms with Gasteiger partial charge in [0.1, 0.15) is 0 Å². The molecule has 1 aliphatic rings. The number of rotatable bonds is 4. The second-order valence-electron chi connectivity index (χ2n) is 4.75. The summed E-state index contributed by atoms with van der Waals surface area (Å²) in [7, 11) is 0. The maximum absolute atomic E-state index is 11.7. The minimum absolute atomic E-state index is 0.0674. The number of aliphatic hydroxyl groups excluding tert-OH is 1. The quantitative estimate of drug-likeness (QED) is 0.703. The zero-order valence-electron chi connectivity index (χ0n) is 9.86. The van der Waals surface area contributed by atoms with Gasteiger partial charge in [0.15, 0.2) is 0 Å². The highest BCUT2D eigenvalue weighted by Gasteiger charge is 2.28. The van der Waals surface area contributed by atoms with Crippen LogP contribution in [0, 0.1) is 5.92 Å². The van der Waals surface area contributed by atoms with Gasteiger partial charge in [-0.15, -0.1) is 0 Å². The van der Waals surface area contributed by atoms with Gasteiger partial charge in [0.05, 0.1) is 12.1 Å². The predicted molar refractivity (Wildman–Crippen MR) is 59.5 cm³/mol. The first-order valence-corrected chi connectivity index (χ1v) is 5.70. The zero-order valence-corrected chi connectivity index (χ0v) is 9.86. The standard InChI is InChI=1S/C11H22N2O2/c1-8(2)6-12-11(15)9(3)13-5-4-10(14)7-13/h8-10,14H,4-7H2,1-3H3,(H,12,15)/t9?,10-/m0/s1. The normalized spacial score (nSPS) is 24.5. The molecule has 0 aliphatic carbocycles. The molecule has 1 saturated heterocycles. The van der Waals surface area contributed by atoms with Crippen molar-refractivity contribution in [3.8, 4) is 0 Å². The molecule has 1 amide bonds. The first kappa shape index (κ1) is 12.5. The van der Waals surface area contributed by atoms with E-state index in [1.807, 2.05) is 11.8 Å². The van der Waals surface area contributed by atoms with E-state index in [1.165, 1.54) is 0 Å². The highest BCUT2D eigenvalue weighted by molar-refractivity contribution is 5.81. The molecule has 1 rings (SSSR count). The van der Waals surface area contributed by atoms with Gasteiger partial charge in [-0.2, -0.15) is 0 Å². The second-order valence-corrected chi connectivity index (χ2v) is 4.75. The first-order chi connectivity index (χ1) is 7.00. The van der Waals surface area contributed by atoms with Crippen LogP contribution in [-0.2, 0) is 4.79 Å². The molecular formula is C11H22N2O2. The number of aliphatic hydroxyl groups is 1. The number of hydrogen-bond donors (Lipinski definition) is 2. The molecule has 0 aromatic carbocycles. The number of amides is 1. The number of nitrogens with zero attached hydrogens (tertiary/aromatic N) is 1. The Kier molecular flexibility index (Phi) is 4.54. The summed E-state index contributed by atoms with van der Waals surface area (Å²) < 4.78 is 0. The van der Waals surface area contributed by atoms with E-state index in [9.17, 15) is 9.90 Å². The van der Waals surface area contributed by atoms with Crippen molar-refractivity contribution in [2.45, 2.75) is 39.3 Å². The van der Waals surface area contributed by atoms with Gasteiger partial charge in [0.25, 0.3) is 0 Å². The largest absolute Gasteiger partial charge is 0.392 e. The van der Waals surface area contributed by atoms with Gasteiger partial charge in [-0.05, 0) is 19.3 Å². The number of likely N-dealkylation sites (tertiary alicyclic amines) is 1. The fourth-order valence-corrected chi connectivity index (χ4v) is 1.74. The molecule has 0 spiro atoms. The van der Waals surface area contributed by atoms with Crippen molar-refractivity contribution in [2.75, 3.05) is 19.6 Å². The summed E-state index contributed by atoms with van der Waals surface area (Å²) in [5, 5.41) is 12.3. The molecule has 2 N–H and O–H groups in total. The van der Waals surface area contributed by atoms with Crippen LogP contribution in [-0.4, -0.2) is 47.7 Å². The predicted octanol–water partition coefficient (Wildman–Crippen LogP) is 0.214. The van der Waals surface area contributed by atoms with Crippen LogP contribution >= 0.6 is 0 Å². The summed E-state index contributed by atoms with van der Waals surface area (Å²) in [5.41, 5.74) is 0. The van der Waals surface area contributed by atoms with Crippen molar-refractivity contribution in [3.63, 3.8) is 0 Å². The van der Waals surface area contributed by atoms with Crippen LogP contribution in [0.4, 0.5) is 0 Å². The molecule has 0 aromatic rings. The molecule has 1 fully saturated rings. The Balaban J connectivity index is 2.32. The summed E-state index contributed by atoms with van der Waals surface area (Å²) in [6.07, 6.45) is 0.521. The zero-order chi connectivity index (χ0) is 11.4. The molecule has 1 unspecified atom stereocenters. The van der Waals surface area contributed by atoms with Crippen LogP contribution in [0.25, 0.3) is 0 Å². The Morgan fingerprint density at radius 1 is 1.53 bits per heavy atom. The summed E-state index contributed by atoms with van der Waals surface area (Å²) in [6, 6.07) is -0.124. The first-order valence-electron chi connectivity index (χ1n) is 5.70. The maximum atomic E-state index is 11.7. The number of carbonyl (C=O) groups is 1. The lowest BCUT2D eigenvalue weighted by Gasteiger charge is -2.23. The Morgan fingerprint density at radius 3 is 2.67 bits per heavy atom. The second kappa shape index (κ2) is 5.47. The van der Waals surface area contributed by atoms with E-state index < -0.39 is 0 Å². The Morgan fingerprint density at radius 2 is 2.20 bits per heavy atom. The van der Waals surface area contributed by atoms with Gasteiger partial charge < -0.3 is 10.4 Å². The molecular weight excluding hydrogens is 192 g/mol. The molecule has 0 aromatic heterocycles. The molecule has 0 radical (unpaired) electrons. The van der Waals surface area contributed by atoms with E-state index in [4.69, 9.17) is 0 Å². The Bertz CT molecular complexity index is 219. The molecule has 88 valence electrons. The minimum Gasteiger partial charge on any atom is -0.392 e. The molecule has 4 nitrogen and oxygen atoms in total. The van der Waals surface area contributed by atoms with E-state index in [0.29, 0.717) is 12.5 Å². The summed E-state index contributed by atoms with van der Waals surface area (Å²) in [6.45, 7) is 8.20. The van der Waals surface area contributed by atoms with Crippen molar-refractivity contribution in [1.29, 1.82) is 0 Å². The van der Waals surface area contributed by atoms with Crippen molar-refractivity contribution in [2.24, 2.45) is 5.92 Å². The van der Waals surface area contributed by atoms with Gasteiger partial charge in [0, 0.05) is 19.6 Å². The van der Waals surface area contributed by atoms with E-state index >= 15 is 0 Å². The lowest BCUT2D eigenvalue weighted by Crippen LogP contribution is -2.45. The van der Waals surface area contributed by atoms with Crippen LogP contribution in [0.3, 0.4) is 0 Å². The van der Waals surface area contributed by atoms with Gasteiger partial charge >= 0.3 is 0 Å². The van der Waals surface area contributed by atoms with Crippen molar-refractivity contribution in [3.05, 3.63) is 0 Å². The summed E-state index contributed by atoms with van der Waals surface area (Å²) in [4.78, 5) is 13.7. The monoisotopic (exact) mass is 214 g/mol. The Hall–Kier alpha value is -0.610. The smallest absolute Gasteiger partial charge is 0.237 e. The average molecular weight is 214 g/mol. The lowest BCUT2D eigenvalue weighted by atomic mass is 10.2. The van der Waals surface area contributed by atoms with Crippen LogP contribution in [0.15, 0.2) is 0 Å². The Labute approximate surface area is 91.6 Å². The molecule has 1 aliphatic heterocycles. The van der Waals surface area contributed by atoms with Crippen molar-refractivity contribution >= 4 is 5.91 Å². The lowest BCUT2D eigenvalue weighted by molar-refractivity contribution is -0.125. The van der Waals surface area contributed by atoms with Gasteiger partial charge in [-0.25, -0.2) is 0 Å².